The van der Waals surface area contributed by atoms with Crippen LogP contribution in [0.2, 0.25) is 0 Å². The average Bonchev–Trinajstić information content (AvgIpc) is 2.17. The molecule has 16 heavy (non-hydrogen) atoms. The van der Waals surface area contributed by atoms with Crippen molar-refractivity contribution in [3.05, 3.63) is 0 Å². The van der Waals surface area contributed by atoms with Crippen LogP contribution in [0.4, 0.5) is 0 Å². The van der Waals surface area contributed by atoms with Crippen LogP contribution in [0.3, 0.4) is 0 Å². The fourth-order valence-corrected chi connectivity index (χ4v) is 1.24. The van der Waals surface area contributed by atoms with Gasteiger partial charge in [0.25, 0.3) is 0 Å². The summed E-state index contributed by atoms with van der Waals surface area (Å²) >= 11 is 0. The lowest BCUT2D eigenvalue weighted by Crippen LogP contribution is -2.49. The Kier molecular flexibility index (Phi) is 6.60. The van der Waals surface area contributed by atoms with Gasteiger partial charge in [-0.3, -0.25) is 4.79 Å². The molecule has 0 aromatic heterocycles. The van der Waals surface area contributed by atoms with Crippen molar-refractivity contribution < 1.29 is 9.90 Å². The number of carbonyl (C=O) groups is 1. The van der Waals surface area contributed by atoms with Crippen molar-refractivity contribution >= 4 is 5.91 Å². The number of hydrogen-bond acceptors (Lipinski definition) is 3. The van der Waals surface area contributed by atoms with Crippen LogP contribution < -0.4 is 10.6 Å². The second-order valence-electron chi connectivity index (χ2n) is 5.20. The Morgan fingerprint density at radius 3 is 2.31 bits per heavy atom. The lowest BCUT2D eigenvalue weighted by Gasteiger charge is -2.26. The molecule has 0 bridgehead atoms. The second-order valence-corrected chi connectivity index (χ2v) is 5.20. The van der Waals surface area contributed by atoms with Gasteiger partial charge in [-0.15, -0.1) is 0 Å². The van der Waals surface area contributed by atoms with Crippen LogP contribution in [-0.2, 0) is 4.79 Å². The third-order valence-corrected chi connectivity index (χ3v) is 2.89. The van der Waals surface area contributed by atoms with E-state index in [2.05, 4.69) is 10.6 Å². The van der Waals surface area contributed by atoms with Gasteiger partial charge in [-0.05, 0) is 26.2 Å². The van der Waals surface area contributed by atoms with Crippen LogP contribution in [0, 0.1) is 5.92 Å². The average molecular weight is 230 g/mol. The first-order chi connectivity index (χ1) is 7.32. The number of amides is 1. The fraction of sp³-hybridized carbons (Fsp3) is 0.917. The summed E-state index contributed by atoms with van der Waals surface area (Å²) in [5.74, 6) is 0.294. The highest BCUT2D eigenvalue weighted by Gasteiger charge is 2.19. The zero-order chi connectivity index (χ0) is 12.8. The Morgan fingerprint density at radius 2 is 1.94 bits per heavy atom. The molecular formula is C12H26N2O2. The molecule has 3 N–H and O–H groups in total. The van der Waals surface area contributed by atoms with Gasteiger partial charge in [-0.1, -0.05) is 20.8 Å². The van der Waals surface area contributed by atoms with E-state index >= 15 is 0 Å². The second kappa shape index (κ2) is 6.86. The van der Waals surface area contributed by atoms with Gasteiger partial charge in [0.1, 0.15) is 0 Å². The molecule has 0 saturated carbocycles. The Hall–Kier alpha value is -0.610. The predicted octanol–water partition coefficient (Wildman–Crippen LogP) is 0.898. The normalized spacial score (nSPS) is 13.9. The molecule has 1 atom stereocenters. The summed E-state index contributed by atoms with van der Waals surface area (Å²) in [6.45, 7) is 10.4. The van der Waals surface area contributed by atoms with Crippen LogP contribution in [0.1, 0.15) is 41.0 Å². The van der Waals surface area contributed by atoms with Gasteiger partial charge < -0.3 is 15.7 Å². The summed E-state index contributed by atoms with van der Waals surface area (Å²) in [4.78, 5) is 11.6. The molecule has 96 valence electrons. The molecule has 1 amide bonds. The largest absolute Gasteiger partial charge is 0.395 e. The highest BCUT2D eigenvalue weighted by molar-refractivity contribution is 5.78. The van der Waals surface area contributed by atoms with E-state index in [1.165, 1.54) is 0 Å². The lowest BCUT2D eigenvalue weighted by atomic mass is 10.0. The van der Waals surface area contributed by atoms with E-state index in [0.717, 1.165) is 6.42 Å². The molecule has 0 aliphatic heterocycles. The minimum absolute atomic E-state index is 0.0181. The van der Waals surface area contributed by atoms with Gasteiger partial charge in [0, 0.05) is 11.6 Å². The topological polar surface area (TPSA) is 61.4 Å². The van der Waals surface area contributed by atoms with Gasteiger partial charge in [0.2, 0.25) is 5.91 Å². The minimum atomic E-state index is -0.161. The number of aliphatic hydroxyl groups is 1. The van der Waals surface area contributed by atoms with E-state index in [4.69, 9.17) is 5.11 Å². The summed E-state index contributed by atoms with van der Waals surface area (Å²) < 4.78 is 0. The number of rotatable bonds is 7. The van der Waals surface area contributed by atoms with Gasteiger partial charge >= 0.3 is 0 Å². The quantitative estimate of drug-likeness (QED) is 0.609. The summed E-state index contributed by atoms with van der Waals surface area (Å²) in [6, 6.07) is -0.0181. The molecule has 0 aliphatic rings. The SMILES string of the molecule is CCC(C)(C)NC(=O)CNC(CO)C(C)C. The maximum atomic E-state index is 11.6. The fourth-order valence-electron chi connectivity index (χ4n) is 1.24. The van der Waals surface area contributed by atoms with E-state index in [9.17, 15) is 4.79 Å². The van der Waals surface area contributed by atoms with Gasteiger partial charge in [0.15, 0.2) is 0 Å². The predicted molar refractivity (Wildman–Crippen MR) is 66.2 cm³/mol. The molecule has 0 aromatic rings. The van der Waals surface area contributed by atoms with Crippen LogP contribution >= 0.6 is 0 Å². The van der Waals surface area contributed by atoms with Crippen molar-refractivity contribution in [1.82, 2.24) is 10.6 Å². The zero-order valence-electron chi connectivity index (χ0n) is 11.1. The smallest absolute Gasteiger partial charge is 0.234 e. The number of aliphatic hydroxyl groups excluding tert-OH is 1. The molecule has 0 heterocycles. The first kappa shape index (κ1) is 15.4. The van der Waals surface area contributed by atoms with Crippen molar-refractivity contribution in [2.45, 2.75) is 52.6 Å². The summed E-state index contributed by atoms with van der Waals surface area (Å²) in [5, 5.41) is 15.1. The lowest BCUT2D eigenvalue weighted by molar-refractivity contribution is -0.122. The van der Waals surface area contributed by atoms with Crippen molar-refractivity contribution in [2.24, 2.45) is 5.92 Å². The molecule has 0 saturated heterocycles. The van der Waals surface area contributed by atoms with E-state index < -0.39 is 0 Å². The molecule has 0 aromatic carbocycles. The van der Waals surface area contributed by atoms with E-state index in [-0.39, 0.29) is 30.6 Å². The van der Waals surface area contributed by atoms with Crippen molar-refractivity contribution in [2.75, 3.05) is 13.2 Å². The standard InChI is InChI=1S/C12H26N2O2/c1-6-12(4,5)14-11(16)7-13-10(8-15)9(2)3/h9-10,13,15H,6-8H2,1-5H3,(H,14,16). The molecule has 0 aliphatic carbocycles. The first-order valence-electron chi connectivity index (χ1n) is 5.97. The molecular weight excluding hydrogens is 204 g/mol. The third kappa shape index (κ3) is 6.08. The third-order valence-electron chi connectivity index (χ3n) is 2.89. The summed E-state index contributed by atoms with van der Waals surface area (Å²) in [7, 11) is 0. The van der Waals surface area contributed by atoms with Gasteiger partial charge in [0.05, 0.1) is 13.2 Å². The Morgan fingerprint density at radius 1 is 1.38 bits per heavy atom. The summed E-state index contributed by atoms with van der Waals surface area (Å²) in [5.41, 5.74) is -0.161. The molecule has 4 heteroatoms. The van der Waals surface area contributed by atoms with E-state index in [1.54, 1.807) is 0 Å². The highest BCUT2D eigenvalue weighted by Crippen LogP contribution is 2.06. The number of hydrogen-bond donors (Lipinski definition) is 3. The van der Waals surface area contributed by atoms with Crippen molar-refractivity contribution in [3.8, 4) is 0 Å². The number of nitrogens with one attached hydrogen (secondary N) is 2. The van der Waals surface area contributed by atoms with Crippen LogP contribution in [0.25, 0.3) is 0 Å². The van der Waals surface area contributed by atoms with E-state index in [1.807, 2.05) is 34.6 Å². The Balaban J connectivity index is 3.98. The van der Waals surface area contributed by atoms with E-state index in [0.29, 0.717) is 5.92 Å². The molecule has 0 rings (SSSR count). The summed E-state index contributed by atoms with van der Waals surface area (Å²) in [6.07, 6.45) is 0.895. The maximum Gasteiger partial charge on any atom is 0.234 e. The molecule has 0 spiro atoms. The van der Waals surface area contributed by atoms with Crippen LogP contribution in [0.5, 0.6) is 0 Å². The molecule has 0 fully saturated rings. The van der Waals surface area contributed by atoms with Crippen LogP contribution in [0.15, 0.2) is 0 Å². The maximum absolute atomic E-state index is 11.6. The monoisotopic (exact) mass is 230 g/mol. The van der Waals surface area contributed by atoms with Gasteiger partial charge in [-0.2, -0.15) is 0 Å². The molecule has 0 radical (unpaired) electrons. The minimum Gasteiger partial charge on any atom is -0.395 e. The number of carbonyl (C=O) groups excluding carboxylic acids is 1. The van der Waals surface area contributed by atoms with Crippen molar-refractivity contribution in [1.29, 1.82) is 0 Å². The zero-order valence-corrected chi connectivity index (χ0v) is 11.1. The molecule has 1 unspecified atom stereocenters. The molecule has 4 nitrogen and oxygen atoms in total. The van der Waals surface area contributed by atoms with Crippen LogP contribution in [-0.4, -0.2) is 35.7 Å². The first-order valence-corrected chi connectivity index (χ1v) is 5.97. The van der Waals surface area contributed by atoms with Gasteiger partial charge in [-0.25, -0.2) is 0 Å². The van der Waals surface area contributed by atoms with Crippen molar-refractivity contribution in [3.63, 3.8) is 0 Å². The highest BCUT2D eigenvalue weighted by atomic mass is 16.3. The Labute approximate surface area is 98.8 Å². The Bertz CT molecular complexity index is 215.